The van der Waals surface area contributed by atoms with Crippen LogP contribution >= 0.6 is 23.2 Å². The summed E-state index contributed by atoms with van der Waals surface area (Å²) in [6, 6.07) is 5.59. The number of likely N-dealkylation sites (tertiary alicyclic amines) is 1. The van der Waals surface area contributed by atoms with Gasteiger partial charge in [-0.05, 0) is 44.5 Å². The topological polar surface area (TPSA) is 32.3 Å². The van der Waals surface area contributed by atoms with Crippen molar-refractivity contribution in [2.24, 2.45) is 0 Å². The van der Waals surface area contributed by atoms with Crippen LogP contribution in [0.5, 0.6) is 0 Å². The Balaban J connectivity index is 1.91. The molecule has 0 spiro atoms. The van der Waals surface area contributed by atoms with Gasteiger partial charge in [0.1, 0.15) is 0 Å². The lowest BCUT2D eigenvalue weighted by atomic mass is 10.0. The molecule has 1 heterocycles. The fourth-order valence-electron chi connectivity index (χ4n) is 2.35. The van der Waals surface area contributed by atoms with Crippen molar-refractivity contribution >= 4 is 34.8 Å². The highest BCUT2D eigenvalue weighted by atomic mass is 35.5. The average Bonchev–Trinajstić information content (AvgIpc) is 2.37. The van der Waals surface area contributed by atoms with Crippen LogP contribution in [-0.2, 0) is 4.79 Å². The molecule has 2 rings (SSSR count). The van der Waals surface area contributed by atoms with Gasteiger partial charge < -0.3 is 5.32 Å². The summed E-state index contributed by atoms with van der Waals surface area (Å²) in [5.41, 5.74) is 0.684. The summed E-state index contributed by atoms with van der Waals surface area (Å²) < 4.78 is 0. The van der Waals surface area contributed by atoms with Crippen molar-refractivity contribution < 1.29 is 4.79 Å². The molecule has 3 nitrogen and oxygen atoms in total. The van der Waals surface area contributed by atoms with Gasteiger partial charge in [0.15, 0.2) is 0 Å². The summed E-state index contributed by atoms with van der Waals surface area (Å²) in [5, 5.41) is 3.79. The highest BCUT2D eigenvalue weighted by molar-refractivity contribution is 6.42. The smallest absolute Gasteiger partial charge is 0.238 e. The summed E-state index contributed by atoms with van der Waals surface area (Å²) in [7, 11) is 0. The van der Waals surface area contributed by atoms with Crippen LogP contribution in [0.4, 0.5) is 5.69 Å². The maximum Gasteiger partial charge on any atom is 0.238 e. The molecule has 1 fully saturated rings. The van der Waals surface area contributed by atoms with E-state index in [4.69, 9.17) is 23.2 Å². The Labute approximate surface area is 123 Å². The van der Waals surface area contributed by atoms with Crippen LogP contribution in [0.3, 0.4) is 0 Å². The molecule has 1 aliphatic rings. The summed E-state index contributed by atoms with van der Waals surface area (Å²) >= 11 is 11.8. The van der Waals surface area contributed by atoms with Crippen molar-refractivity contribution in [2.75, 3.05) is 18.4 Å². The first-order valence-corrected chi connectivity index (χ1v) is 7.31. The molecule has 1 amide bonds. The molecule has 0 aromatic heterocycles. The molecule has 1 aromatic rings. The highest BCUT2D eigenvalue weighted by Gasteiger charge is 2.20. The van der Waals surface area contributed by atoms with Crippen molar-refractivity contribution in [2.45, 2.75) is 32.2 Å². The van der Waals surface area contributed by atoms with Crippen LogP contribution in [0.25, 0.3) is 0 Å². The molecule has 1 unspecified atom stereocenters. The Hall–Kier alpha value is -0.770. The average molecular weight is 301 g/mol. The highest BCUT2D eigenvalue weighted by Crippen LogP contribution is 2.25. The van der Waals surface area contributed by atoms with Gasteiger partial charge >= 0.3 is 0 Å². The maximum absolute atomic E-state index is 12.0. The molecule has 0 saturated carbocycles. The van der Waals surface area contributed by atoms with Crippen molar-refractivity contribution in [1.29, 1.82) is 0 Å². The van der Waals surface area contributed by atoms with E-state index in [9.17, 15) is 4.79 Å². The first-order valence-electron chi connectivity index (χ1n) is 6.55. The maximum atomic E-state index is 12.0. The fraction of sp³-hybridized carbons (Fsp3) is 0.500. The third kappa shape index (κ3) is 4.10. The summed E-state index contributed by atoms with van der Waals surface area (Å²) in [4.78, 5) is 14.2. The minimum absolute atomic E-state index is 0.00728. The predicted octanol–water partition coefficient (Wildman–Crippen LogP) is 3.81. The first-order chi connectivity index (χ1) is 9.06. The van der Waals surface area contributed by atoms with Gasteiger partial charge in [-0.3, -0.25) is 9.69 Å². The Kier molecular flexibility index (Phi) is 5.08. The molecule has 1 atom stereocenters. The molecule has 1 aliphatic heterocycles. The number of benzene rings is 1. The van der Waals surface area contributed by atoms with Crippen LogP contribution in [0.15, 0.2) is 18.2 Å². The van der Waals surface area contributed by atoms with E-state index in [-0.39, 0.29) is 5.91 Å². The van der Waals surface area contributed by atoms with Gasteiger partial charge in [0.05, 0.1) is 16.6 Å². The van der Waals surface area contributed by atoms with Crippen molar-refractivity contribution in [3.05, 3.63) is 28.2 Å². The number of carbonyl (C=O) groups excluding carboxylic acids is 1. The number of hydrogen-bond donors (Lipinski definition) is 1. The summed E-state index contributed by atoms with van der Waals surface area (Å²) in [5.74, 6) is -0.00728. The normalized spacial score (nSPS) is 20.3. The van der Waals surface area contributed by atoms with Gasteiger partial charge in [-0.1, -0.05) is 29.6 Å². The van der Waals surface area contributed by atoms with Crippen LogP contribution in [0.1, 0.15) is 26.2 Å². The molecular formula is C14H18Cl2N2O. The second-order valence-electron chi connectivity index (χ2n) is 4.99. The number of nitrogens with zero attached hydrogens (tertiary/aromatic N) is 1. The number of carbonyl (C=O) groups is 1. The first kappa shape index (κ1) is 14.6. The van der Waals surface area contributed by atoms with E-state index in [0.717, 1.165) is 6.54 Å². The second-order valence-corrected chi connectivity index (χ2v) is 5.81. The van der Waals surface area contributed by atoms with E-state index in [0.29, 0.717) is 28.3 Å². The van der Waals surface area contributed by atoms with Crippen molar-refractivity contribution in [1.82, 2.24) is 4.90 Å². The van der Waals surface area contributed by atoms with Crippen LogP contribution in [-0.4, -0.2) is 29.9 Å². The van der Waals surface area contributed by atoms with Crippen LogP contribution < -0.4 is 5.32 Å². The number of rotatable bonds is 3. The minimum atomic E-state index is -0.00728. The number of nitrogens with one attached hydrogen (secondary N) is 1. The van der Waals surface area contributed by atoms with Gasteiger partial charge in [0, 0.05) is 11.7 Å². The zero-order valence-electron chi connectivity index (χ0n) is 11.0. The van der Waals surface area contributed by atoms with Crippen LogP contribution in [0.2, 0.25) is 10.0 Å². The van der Waals surface area contributed by atoms with Gasteiger partial charge in [-0.15, -0.1) is 0 Å². The Morgan fingerprint density at radius 2 is 2.16 bits per heavy atom. The minimum Gasteiger partial charge on any atom is -0.325 e. The SMILES string of the molecule is CC1CCCCN1CC(=O)Nc1ccc(Cl)c(Cl)c1. The standard InChI is InChI=1S/C14H18Cl2N2O/c1-10-4-2-3-7-18(10)9-14(19)17-11-5-6-12(15)13(16)8-11/h5-6,8,10H,2-4,7,9H2,1H3,(H,17,19). The molecule has 0 bridgehead atoms. The van der Waals surface area contributed by atoms with Crippen LogP contribution in [0, 0.1) is 0 Å². The van der Waals surface area contributed by atoms with Gasteiger partial charge in [0.25, 0.3) is 0 Å². The van der Waals surface area contributed by atoms with Gasteiger partial charge in [0.2, 0.25) is 5.91 Å². The van der Waals surface area contributed by atoms with E-state index >= 15 is 0 Å². The Morgan fingerprint density at radius 1 is 1.37 bits per heavy atom. The Bertz CT molecular complexity index is 465. The zero-order valence-corrected chi connectivity index (χ0v) is 12.5. The van der Waals surface area contributed by atoms with Crippen molar-refractivity contribution in [3.8, 4) is 0 Å². The molecular weight excluding hydrogens is 283 g/mol. The molecule has 0 radical (unpaired) electrons. The van der Waals surface area contributed by atoms with E-state index in [2.05, 4.69) is 17.1 Å². The lowest BCUT2D eigenvalue weighted by Crippen LogP contribution is -2.42. The largest absolute Gasteiger partial charge is 0.325 e. The molecule has 5 heteroatoms. The molecule has 1 N–H and O–H groups in total. The monoisotopic (exact) mass is 300 g/mol. The number of halogens is 2. The molecule has 0 aliphatic carbocycles. The molecule has 19 heavy (non-hydrogen) atoms. The molecule has 104 valence electrons. The predicted molar refractivity (Wildman–Crippen MR) is 80.0 cm³/mol. The lowest BCUT2D eigenvalue weighted by molar-refractivity contribution is -0.118. The third-order valence-corrected chi connectivity index (χ3v) is 4.23. The third-order valence-electron chi connectivity index (χ3n) is 3.49. The fourth-order valence-corrected chi connectivity index (χ4v) is 2.65. The number of hydrogen-bond acceptors (Lipinski definition) is 2. The zero-order chi connectivity index (χ0) is 13.8. The number of anilines is 1. The number of piperidine rings is 1. The van der Waals surface area contributed by atoms with E-state index in [1.807, 2.05) is 0 Å². The number of amides is 1. The lowest BCUT2D eigenvalue weighted by Gasteiger charge is -2.32. The van der Waals surface area contributed by atoms with Gasteiger partial charge in [-0.2, -0.15) is 0 Å². The molecule has 1 saturated heterocycles. The van der Waals surface area contributed by atoms with E-state index < -0.39 is 0 Å². The summed E-state index contributed by atoms with van der Waals surface area (Å²) in [6.07, 6.45) is 3.59. The quantitative estimate of drug-likeness (QED) is 0.921. The van der Waals surface area contributed by atoms with Crippen molar-refractivity contribution in [3.63, 3.8) is 0 Å². The van der Waals surface area contributed by atoms with Gasteiger partial charge in [-0.25, -0.2) is 0 Å². The Morgan fingerprint density at radius 3 is 2.84 bits per heavy atom. The van der Waals surface area contributed by atoms with E-state index in [1.54, 1.807) is 18.2 Å². The summed E-state index contributed by atoms with van der Waals surface area (Å²) in [6.45, 7) is 3.60. The second kappa shape index (κ2) is 6.60. The van der Waals surface area contributed by atoms with E-state index in [1.165, 1.54) is 19.3 Å². The molecule has 1 aromatic carbocycles.